The lowest BCUT2D eigenvalue weighted by Gasteiger charge is -2.63. The lowest BCUT2D eigenvalue weighted by Crippen LogP contribution is -2.68. The second-order valence-electron chi connectivity index (χ2n) is 9.65. The van der Waals surface area contributed by atoms with E-state index in [4.69, 9.17) is 5.73 Å². The molecule has 5 atom stereocenters. The van der Waals surface area contributed by atoms with Gasteiger partial charge in [-0.1, -0.05) is 0 Å². The monoisotopic (exact) mass is 331 g/mol. The number of piperidine rings is 1. The molecular formula is C19H29N3O2. The Morgan fingerprint density at radius 3 is 2.42 bits per heavy atom. The summed E-state index contributed by atoms with van der Waals surface area (Å²) in [6, 6.07) is 0.109. The number of rotatable bonds is 3. The predicted octanol–water partition coefficient (Wildman–Crippen LogP) is 1.41. The Morgan fingerprint density at radius 2 is 1.88 bits per heavy atom. The Balaban J connectivity index is 1.41. The Hall–Kier alpha value is -1.10. The SMILES string of the molecule is CC(=O)NC12CC3CC(C1)CC(C(N)C(=O)N1CCC4CC41)(C3)C2. The molecule has 24 heavy (non-hydrogen) atoms. The highest BCUT2D eigenvalue weighted by atomic mass is 16.2. The van der Waals surface area contributed by atoms with Gasteiger partial charge in [-0.3, -0.25) is 9.59 Å². The second-order valence-corrected chi connectivity index (χ2v) is 9.65. The maximum Gasteiger partial charge on any atom is 0.240 e. The summed E-state index contributed by atoms with van der Waals surface area (Å²) in [5.74, 6) is 2.27. The molecule has 4 bridgehead atoms. The number of hydrogen-bond acceptors (Lipinski definition) is 3. The van der Waals surface area contributed by atoms with E-state index >= 15 is 0 Å². The molecule has 5 aliphatic carbocycles. The molecule has 5 unspecified atom stereocenters. The smallest absolute Gasteiger partial charge is 0.240 e. The first kappa shape index (κ1) is 15.2. The fraction of sp³-hybridized carbons (Fsp3) is 0.895. The van der Waals surface area contributed by atoms with Crippen molar-refractivity contribution in [1.29, 1.82) is 0 Å². The topological polar surface area (TPSA) is 75.4 Å². The zero-order valence-corrected chi connectivity index (χ0v) is 14.6. The zero-order valence-electron chi connectivity index (χ0n) is 14.6. The lowest BCUT2D eigenvalue weighted by atomic mass is 9.45. The van der Waals surface area contributed by atoms with Crippen LogP contribution in [-0.2, 0) is 9.59 Å². The van der Waals surface area contributed by atoms with Gasteiger partial charge in [0.25, 0.3) is 0 Å². The molecule has 5 heteroatoms. The Labute approximate surface area is 143 Å². The van der Waals surface area contributed by atoms with Crippen molar-refractivity contribution >= 4 is 11.8 Å². The van der Waals surface area contributed by atoms with E-state index in [9.17, 15) is 9.59 Å². The summed E-state index contributed by atoms with van der Waals surface area (Å²) in [5, 5.41) is 3.27. The van der Waals surface area contributed by atoms with E-state index < -0.39 is 0 Å². The molecule has 0 aromatic rings. The number of nitrogens with two attached hydrogens (primary N) is 1. The minimum atomic E-state index is -0.379. The van der Waals surface area contributed by atoms with Gasteiger partial charge < -0.3 is 16.0 Å². The van der Waals surface area contributed by atoms with Crippen molar-refractivity contribution in [2.24, 2.45) is 28.9 Å². The number of fused-ring (bicyclic) bond motifs is 1. The van der Waals surface area contributed by atoms with Gasteiger partial charge in [-0.05, 0) is 74.5 Å². The van der Waals surface area contributed by atoms with Crippen LogP contribution in [0.25, 0.3) is 0 Å². The van der Waals surface area contributed by atoms with Gasteiger partial charge >= 0.3 is 0 Å². The van der Waals surface area contributed by atoms with Crippen molar-refractivity contribution < 1.29 is 9.59 Å². The molecule has 1 heterocycles. The van der Waals surface area contributed by atoms with E-state index in [2.05, 4.69) is 10.2 Å². The Kier molecular flexibility index (Phi) is 3.00. The third-order valence-electron chi connectivity index (χ3n) is 7.78. The van der Waals surface area contributed by atoms with E-state index in [-0.39, 0.29) is 28.8 Å². The third kappa shape index (κ3) is 2.09. The number of amides is 2. The molecule has 1 saturated heterocycles. The van der Waals surface area contributed by atoms with Crippen LogP contribution in [0, 0.1) is 23.2 Å². The van der Waals surface area contributed by atoms with Crippen molar-refractivity contribution in [2.75, 3.05) is 6.54 Å². The fourth-order valence-corrected chi connectivity index (χ4v) is 7.33. The van der Waals surface area contributed by atoms with Crippen LogP contribution in [0.2, 0.25) is 0 Å². The molecule has 5 saturated carbocycles. The molecule has 132 valence electrons. The summed E-state index contributed by atoms with van der Waals surface area (Å²) >= 11 is 0. The molecule has 6 rings (SSSR count). The lowest BCUT2D eigenvalue weighted by molar-refractivity contribution is -0.147. The molecule has 6 fully saturated rings. The number of nitrogens with zero attached hydrogens (tertiary/aromatic N) is 1. The molecule has 0 radical (unpaired) electrons. The summed E-state index contributed by atoms with van der Waals surface area (Å²) in [6.07, 6.45) is 8.85. The van der Waals surface area contributed by atoms with Crippen molar-refractivity contribution in [3.8, 4) is 0 Å². The molecule has 3 N–H and O–H groups in total. The first-order valence-corrected chi connectivity index (χ1v) is 9.75. The fourth-order valence-electron chi connectivity index (χ4n) is 7.33. The van der Waals surface area contributed by atoms with E-state index in [1.54, 1.807) is 6.92 Å². The molecule has 2 amide bonds. The van der Waals surface area contributed by atoms with Crippen LogP contribution >= 0.6 is 0 Å². The first-order chi connectivity index (χ1) is 11.4. The number of hydrogen-bond donors (Lipinski definition) is 2. The highest BCUT2D eigenvalue weighted by Crippen LogP contribution is 2.63. The number of carbonyl (C=O) groups excluding carboxylic acids is 2. The molecular weight excluding hydrogens is 302 g/mol. The first-order valence-electron chi connectivity index (χ1n) is 9.75. The standard InChI is InChI=1S/C19H29N3O2/c1-11(23)21-19-8-12-4-13(9-19)7-18(6-12,10-19)16(20)17(24)22-3-2-14-5-15(14)22/h12-16H,2-10,20H2,1H3,(H,21,23). The van der Waals surface area contributed by atoms with Gasteiger partial charge in [-0.25, -0.2) is 0 Å². The maximum atomic E-state index is 13.1. The zero-order chi connectivity index (χ0) is 16.7. The van der Waals surface area contributed by atoms with Crippen LogP contribution in [-0.4, -0.2) is 40.9 Å². The minimum Gasteiger partial charge on any atom is -0.351 e. The van der Waals surface area contributed by atoms with Crippen molar-refractivity contribution in [1.82, 2.24) is 10.2 Å². The van der Waals surface area contributed by atoms with E-state index in [0.717, 1.165) is 51.0 Å². The van der Waals surface area contributed by atoms with E-state index in [0.29, 0.717) is 17.9 Å². The van der Waals surface area contributed by atoms with Crippen LogP contribution in [0.5, 0.6) is 0 Å². The van der Waals surface area contributed by atoms with Gasteiger partial charge in [-0.2, -0.15) is 0 Å². The highest BCUT2D eigenvalue weighted by Gasteiger charge is 2.62. The van der Waals surface area contributed by atoms with Gasteiger partial charge in [0.2, 0.25) is 11.8 Å². The molecule has 6 aliphatic rings. The van der Waals surface area contributed by atoms with E-state index in [1.807, 2.05) is 0 Å². The summed E-state index contributed by atoms with van der Waals surface area (Å²) in [7, 11) is 0. The highest BCUT2D eigenvalue weighted by molar-refractivity contribution is 5.84. The minimum absolute atomic E-state index is 0.0624. The van der Waals surface area contributed by atoms with Crippen LogP contribution in [0.15, 0.2) is 0 Å². The third-order valence-corrected chi connectivity index (χ3v) is 7.78. The summed E-state index contributed by atoms with van der Waals surface area (Å²) in [5.41, 5.74) is 6.48. The van der Waals surface area contributed by atoms with Gasteiger partial charge in [0, 0.05) is 25.0 Å². The summed E-state index contributed by atoms with van der Waals surface area (Å²) in [4.78, 5) is 27.0. The Morgan fingerprint density at radius 1 is 1.17 bits per heavy atom. The van der Waals surface area contributed by atoms with Crippen LogP contribution in [0.1, 0.15) is 58.3 Å². The second kappa shape index (κ2) is 4.75. The van der Waals surface area contributed by atoms with Gasteiger partial charge in [-0.15, -0.1) is 0 Å². The van der Waals surface area contributed by atoms with Gasteiger partial charge in [0.05, 0.1) is 6.04 Å². The van der Waals surface area contributed by atoms with Gasteiger partial charge in [0.1, 0.15) is 0 Å². The largest absolute Gasteiger partial charge is 0.351 e. The average molecular weight is 331 g/mol. The van der Waals surface area contributed by atoms with Crippen molar-refractivity contribution in [3.63, 3.8) is 0 Å². The Bertz CT molecular complexity index is 589. The van der Waals surface area contributed by atoms with E-state index in [1.165, 1.54) is 12.8 Å². The van der Waals surface area contributed by atoms with Crippen LogP contribution < -0.4 is 11.1 Å². The molecule has 0 aromatic heterocycles. The molecule has 1 aliphatic heterocycles. The number of likely N-dealkylation sites (tertiary alicyclic amines) is 1. The van der Waals surface area contributed by atoms with Crippen molar-refractivity contribution in [3.05, 3.63) is 0 Å². The quantitative estimate of drug-likeness (QED) is 0.821. The molecule has 0 spiro atoms. The number of carbonyl (C=O) groups is 2. The van der Waals surface area contributed by atoms with Crippen molar-refractivity contribution in [2.45, 2.75) is 75.9 Å². The van der Waals surface area contributed by atoms with Crippen LogP contribution in [0.4, 0.5) is 0 Å². The summed E-state index contributed by atoms with van der Waals surface area (Å²) < 4.78 is 0. The summed E-state index contributed by atoms with van der Waals surface area (Å²) in [6.45, 7) is 2.52. The average Bonchev–Trinajstić information content (AvgIpc) is 3.13. The number of nitrogens with one attached hydrogen (secondary N) is 1. The maximum absolute atomic E-state index is 13.1. The molecule has 5 nitrogen and oxygen atoms in total. The van der Waals surface area contributed by atoms with Crippen LogP contribution in [0.3, 0.4) is 0 Å². The predicted molar refractivity (Wildman–Crippen MR) is 89.9 cm³/mol. The van der Waals surface area contributed by atoms with Gasteiger partial charge in [0.15, 0.2) is 0 Å². The normalized spacial score (nSPS) is 49.0. The molecule has 0 aromatic carbocycles.